The zero-order chi connectivity index (χ0) is 18.8. The minimum atomic E-state index is -0.318. The Kier molecular flexibility index (Phi) is 8.45. The number of halogens is 2. The van der Waals surface area contributed by atoms with E-state index in [9.17, 15) is 4.79 Å². The van der Waals surface area contributed by atoms with Gasteiger partial charge in [0.25, 0.3) is 5.91 Å². The highest BCUT2D eigenvalue weighted by atomic mass is 35.5. The van der Waals surface area contributed by atoms with E-state index in [4.69, 9.17) is 27.9 Å². The maximum absolute atomic E-state index is 12.0. The molecule has 2 aromatic carbocycles. The first-order chi connectivity index (χ1) is 12.6. The lowest BCUT2D eigenvalue weighted by molar-refractivity contribution is 0.0955. The lowest BCUT2D eigenvalue weighted by Gasteiger charge is -2.09. The van der Waals surface area contributed by atoms with Gasteiger partial charge in [0.1, 0.15) is 5.75 Å². The Morgan fingerprint density at radius 1 is 1.08 bits per heavy atom. The van der Waals surface area contributed by atoms with Crippen molar-refractivity contribution >= 4 is 35.3 Å². The second-order valence-electron chi connectivity index (χ2n) is 5.80. The topological polar surface area (TPSA) is 50.7 Å². The van der Waals surface area contributed by atoms with Gasteiger partial charge in [0.05, 0.1) is 12.8 Å². The average Bonchev–Trinajstić information content (AvgIpc) is 2.63. The molecule has 0 radical (unpaired) electrons. The Bertz CT molecular complexity index is 746. The van der Waals surface area contributed by atoms with Crippen LogP contribution in [-0.2, 0) is 0 Å². The summed E-state index contributed by atoms with van der Waals surface area (Å²) in [6, 6.07) is 11.9. The van der Waals surface area contributed by atoms with E-state index in [-0.39, 0.29) is 5.91 Å². The number of carbonyl (C=O) groups is 1. The van der Waals surface area contributed by atoms with E-state index in [1.165, 1.54) is 19.1 Å². The number of nitrogens with one attached hydrogen (secondary N) is 1. The smallest absolute Gasteiger partial charge is 0.271 e. The summed E-state index contributed by atoms with van der Waals surface area (Å²) in [5.74, 6) is 0.373. The summed E-state index contributed by atoms with van der Waals surface area (Å²) in [6.07, 6.45) is 6.06. The first-order valence-electron chi connectivity index (χ1n) is 8.61. The number of nitrogens with zero attached hydrogens (tertiary/aromatic N) is 1. The number of amides is 1. The van der Waals surface area contributed by atoms with E-state index in [0.29, 0.717) is 33.5 Å². The van der Waals surface area contributed by atoms with E-state index >= 15 is 0 Å². The number of hydrogen-bond donors (Lipinski definition) is 1. The van der Waals surface area contributed by atoms with E-state index < -0.39 is 0 Å². The van der Waals surface area contributed by atoms with Crippen LogP contribution < -0.4 is 10.2 Å². The minimum Gasteiger partial charge on any atom is -0.493 e. The van der Waals surface area contributed by atoms with Gasteiger partial charge in [-0.25, -0.2) is 5.43 Å². The Morgan fingerprint density at radius 2 is 1.81 bits per heavy atom. The lowest BCUT2D eigenvalue weighted by atomic mass is 10.2. The first kappa shape index (κ1) is 20.3. The molecule has 2 aromatic rings. The molecule has 0 fully saturated rings. The molecule has 0 atom stereocenters. The van der Waals surface area contributed by atoms with E-state index in [2.05, 4.69) is 17.5 Å². The fourth-order valence-corrected chi connectivity index (χ4v) is 2.60. The molecule has 0 spiro atoms. The maximum Gasteiger partial charge on any atom is 0.271 e. The van der Waals surface area contributed by atoms with Crippen LogP contribution in [0.15, 0.2) is 47.6 Å². The highest BCUT2D eigenvalue weighted by molar-refractivity contribution is 6.31. The Balaban J connectivity index is 1.96. The van der Waals surface area contributed by atoms with Crippen LogP contribution in [0.25, 0.3) is 0 Å². The van der Waals surface area contributed by atoms with Crippen molar-refractivity contribution in [2.24, 2.45) is 5.10 Å². The first-order valence-corrected chi connectivity index (χ1v) is 9.37. The van der Waals surface area contributed by atoms with Gasteiger partial charge in [-0.1, -0.05) is 49.4 Å². The zero-order valence-corrected chi connectivity index (χ0v) is 16.2. The number of unbranched alkanes of at least 4 members (excludes halogenated alkanes) is 3. The molecule has 26 heavy (non-hydrogen) atoms. The molecular formula is C20H22Cl2N2O2. The lowest BCUT2D eigenvalue weighted by Crippen LogP contribution is -2.17. The summed E-state index contributed by atoms with van der Waals surface area (Å²) in [7, 11) is 0. The fraction of sp³-hybridized carbons (Fsp3) is 0.300. The number of benzene rings is 2. The minimum absolute atomic E-state index is 0.318. The summed E-state index contributed by atoms with van der Waals surface area (Å²) < 4.78 is 5.82. The maximum atomic E-state index is 12.0. The van der Waals surface area contributed by atoms with Crippen LogP contribution in [0.2, 0.25) is 10.0 Å². The third-order valence-electron chi connectivity index (χ3n) is 3.70. The van der Waals surface area contributed by atoms with Gasteiger partial charge >= 0.3 is 0 Å². The van der Waals surface area contributed by atoms with Crippen LogP contribution in [0.1, 0.15) is 48.5 Å². The molecule has 1 amide bonds. The number of carbonyl (C=O) groups excluding carboxylic acids is 1. The van der Waals surface area contributed by atoms with Gasteiger partial charge in [0.15, 0.2) is 0 Å². The molecule has 0 unspecified atom stereocenters. The summed E-state index contributed by atoms with van der Waals surface area (Å²) >= 11 is 11.9. The van der Waals surface area contributed by atoms with Gasteiger partial charge < -0.3 is 4.74 Å². The predicted molar refractivity (Wildman–Crippen MR) is 108 cm³/mol. The number of hydrogen-bond acceptors (Lipinski definition) is 3. The molecule has 0 bridgehead atoms. The molecule has 138 valence electrons. The third kappa shape index (κ3) is 6.70. The monoisotopic (exact) mass is 392 g/mol. The van der Waals surface area contributed by atoms with Gasteiger partial charge in [-0.15, -0.1) is 0 Å². The molecule has 0 saturated carbocycles. The molecule has 0 aliphatic carbocycles. The van der Waals surface area contributed by atoms with Crippen molar-refractivity contribution in [3.8, 4) is 5.75 Å². The molecule has 6 heteroatoms. The highest BCUT2D eigenvalue weighted by Crippen LogP contribution is 2.22. The van der Waals surface area contributed by atoms with Crippen molar-refractivity contribution < 1.29 is 9.53 Å². The summed E-state index contributed by atoms with van der Waals surface area (Å²) in [4.78, 5) is 12.0. The van der Waals surface area contributed by atoms with E-state index in [0.717, 1.165) is 12.8 Å². The molecule has 0 saturated heterocycles. The summed E-state index contributed by atoms with van der Waals surface area (Å²) in [6.45, 7) is 2.81. The van der Waals surface area contributed by atoms with Gasteiger partial charge in [-0.2, -0.15) is 5.10 Å². The predicted octanol–water partition coefficient (Wildman–Crippen LogP) is 5.72. The average molecular weight is 393 g/mol. The Morgan fingerprint density at radius 3 is 2.54 bits per heavy atom. The Hall–Kier alpha value is -2.04. The van der Waals surface area contributed by atoms with Crippen LogP contribution in [0.3, 0.4) is 0 Å². The van der Waals surface area contributed by atoms with Gasteiger partial charge in [0, 0.05) is 21.2 Å². The Labute approximate surface area is 164 Å². The van der Waals surface area contributed by atoms with Crippen LogP contribution in [0.4, 0.5) is 0 Å². The molecule has 2 rings (SSSR count). The van der Waals surface area contributed by atoms with Crippen molar-refractivity contribution in [1.82, 2.24) is 5.43 Å². The molecule has 0 aliphatic heterocycles. The van der Waals surface area contributed by atoms with Gasteiger partial charge in [-0.05, 0) is 48.9 Å². The van der Waals surface area contributed by atoms with Crippen molar-refractivity contribution in [2.45, 2.75) is 32.6 Å². The molecule has 4 nitrogen and oxygen atoms in total. The molecule has 1 N–H and O–H groups in total. The van der Waals surface area contributed by atoms with Crippen molar-refractivity contribution in [3.63, 3.8) is 0 Å². The SMILES string of the molecule is CCCCCCOc1ccc(Cl)cc1/C=N/NC(=O)c1ccc(Cl)cc1. The van der Waals surface area contributed by atoms with Crippen LogP contribution >= 0.6 is 23.2 Å². The van der Waals surface area contributed by atoms with Gasteiger partial charge in [0.2, 0.25) is 0 Å². The zero-order valence-electron chi connectivity index (χ0n) is 14.7. The molecule has 0 aliphatic rings. The van der Waals surface area contributed by atoms with Crippen LogP contribution in [-0.4, -0.2) is 18.7 Å². The van der Waals surface area contributed by atoms with Crippen molar-refractivity contribution in [2.75, 3.05) is 6.61 Å². The number of rotatable bonds is 9. The van der Waals surface area contributed by atoms with Crippen molar-refractivity contribution in [1.29, 1.82) is 0 Å². The second kappa shape index (κ2) is 10.8. The van der Waals surface area contributed by atoms with Crippen LogP contribution in [0, 0.1) is 0 Å². The molecule has 0 aromatic heterocycles. The van der Waals surface area contributed by atoms with Crippen molar-refractivity contribution in [3.05, 3.63) is 63.6 Å². The van der Waals surface area contributed by atoms with Crippen LogP contribution in [0.5, 0.6) is 5.75 Å². The fourth-order valence-electron chi connectivity index (χ4n) is 2.29. The number of hydrazone groups is 1. The summed E-state index contributed by atoms with van der Waals surface area (Å²) in [5.41, 5.74) is 3.68. The largest absolute Gasteiger partial charge is 0.493 e. The van der Waals surface area contributed by atoms with Gasteiger partial charge in [-0.3, -0.25) is 4.79 Å². The third-order valence-corrected chi connectivity index (χ3v) is 4.19. The second-order valence-corrected chi connectivity index (χ2v) is 6.67. The normalized spacial score (nSPS) is 10.9. The number of ether oxygens (including phenoxy) is 1. The standard InChI is InChI=1S/C20H22Cl2N2O2/c1-2-3-4-5-12-26-19-11-10-18(22)13-16(19)14-23-24-20(25)15-6-8-17(21)9-7-15/h6-11,13-14H,2-5,12H2,1H3,(H,24,25)/b23-14+. The molecule has 0 heterocycles. The summed E-state index contributed by atoms with van der Waals surface area (Å²) in [5, 5.41) is 5.16. The molecular weight excluding hydrogens is 371 g/mol. The van der Waals surface area contributed by atoms with E-state index in [1.807, 2.05) is 6.07 Å². The quantitative estimate of drug-likeness (QED) is 0.337. The highest BCUT2D eigenvalue weighted by Gasteiger charge is 2.05. The van der Waals surface area contributed by atoms with E-state index in [1.54, 1.807) is 36.4 Å².